The molecule has 4 aromatic rings. The molecule has 3 amide bonds. The van der Waals surface area contributed by atoms with Crippen LogP contribution in [0.2, 0.25) is 5.02 Å². The summed E-state index contributed by atoms with van der Waals surface area (Å²) in [5.41, 5.74) is 0.778. The fraction of sp³-hybridized carbons (Fsp3) is 0. The summed E-state index contributed by atoms with van der Waals surface area (Å²) in [7, 11) is 0. The summed E-state index contributed by atoms with van der Waals surface area (Å²) in [5.74, 6) is -3.10. The van der Waals surface area contributed by atoms with Gasteiger partial charge in [0.1, 0.15) is 29.6 Å². The number of anilines is 3. The maximum atomic E-state index is 13.7. The maximum absolute atomic E-state index is 13.7. The lowest BCUT2D eigenvalue weighted by Crippen LogP contribution is -2.34. The summed E-state index contributed by atoms with van der Waals surface area (Å²) in [6.45, 7) is 0. The van der Waals surface area contributed by atoms with Gasteiger partial charge in [0.05, 0.1) is 16.1 Å². The predicted octanol–water partition coefficient (Wildman–Crippen LogP) is 5.41. The van der Waals surface area contributed by atoms with Crippen molar-refractivity contribution in [2.24, 2.45) is 0 Å². The molecule has 0 aliphatic rings. The number of halogens is 4. The van der Waals surface area contributed by atoms with Crippen LogP contribution in [0.1, 0.15) is 10.4 Å². The van der Waals surface area contributed by atoms with Crippen LogP contribution in [0.3, 0.4) is 0 Å². The van der Waals surface area contributed by atoms with Gasteiger partial charge in [-0.15, -0.1) is 0 Å². The zero-order chi connectivity index (χ0) is 23.5. The Morgan fingerprint density at radius 1 is 0.848 bits per heavy atom. The number of fused-ring (bicyclic) bond motifs is 1. The van der Waals surface area contributed by atoms with Crippen molar-refractivity contribution in [3.63, 3.8) is 0 Å². The summed E-state index contributed by atoms with van der Waals surface area (Å²) in [6, 6.07) is 10.3. The van der Waals surface area contributed by atoms with E-state index in [4.69, 9.17) is 11.6 Å². The van der Waals surface area contributed by atoms with Crippen LogP contribution >= 0.6 is 11.6 Å². The normalized spacial score (nSPS) is 10.7. The molecule has 0 aliphatic heterocycles. The molecule has 0 saturated heterocycles. The lowest BCUT2D eigenvalue weighted by atomic mass is 10.2. The van der Waals surface area contributed by atoms with Crippen molar-refractivity contribution >= 4 is 51.6 Å². The van der Waals surface area contributed by atoms with Gasteiger partial charge in [0.25, 0.3) is 5.91 Å². The number of nitrogens with zero attached hydrogens (tertiary/aromatic N) is 2. The molecule has 4 rings (SSSR count). The number of carbonyl (C=O) groups excluding carboxylic acids is 2. The summed E-state index contributed by atoms with van der Waals surface area (Å²) >= 11 is 5.80. The van der Waals surface area contributed by atoms with E-state index in [0.29, 0.717) is 34.2 Å². The highest BCUT2D eigenvalue weighted by molar-refractivity contribution is 6.31. The van der Waals surface area contributed by atoms with Crippen LogP contribution in [-0.4, -0.2) is 21.9 Å². The second-order valence-corrected chi connectivity index (χ2v) is 7.15. The SMILES string of the molecule is O=C(NC(=O)c1ccc(F)cc1F)Nc1ccc2c(Nc3ccc(F)c(Cl)c3)ncnc2c1. The highest BCUT2D eigenvalue weighted by atomic mass is 35.5. The third kappa shape index (κ3) is 5.01. The number of imide groups is 1. The van der Waals surface area contributed by atoms with Gasteiger partial charge in [0, 0.05) is 22.8 Å². The number of carbonyl (C=O) groups is 2. The van der Waals surface area contributed by atoms with Gasteiger partial charge in [-0.05, 0) is 48.5 Å². The Balaban J connectivity index is 1.49. The zero-order valence-electron chi connectivity index (χ0n) is 16.5. The molecule has 0 saturated carbocycles. The van der Waals surface area contributed by atoms with E-state index in [0.717, 1.165) is 12.1 Å². The number of rotatable bonds is 4. The average molecular weight is 472 g/mol. The third-order valence-corrected chi connectivity index (χ3v) is 4.77. The van der Waals surface area contributed by atoms with Crippen molar-refractivity contribution in [3.05, 3.63) is 89.0 Å². The van der Waals surface area contributed by atoms with E-state index in [1.54, 1.807) is 6.07 Å². The molecule has 33 heavy (non-hydrogen) atoms. The van der Waals surface area contributed by atoms with Crippen molar-refractivity contribution < 1.29 is 22.8 Å². The molecule has 3 N–H and O–H groups in total. The van der Waals surface area contributed by atoms with E-state index in [1.165, 1.54) is 36.7 Å². The van der Waals surface area contributed by atoms with Gasteiger partial charge in [0.2, 0.25) is 0 Å². The van der Waals surface area contributed by atoms with E-state index in [2.05, 4.69) is 20.6 Å². The third-order valence-electron chi connectivity index (χ3n) is 4.48. The topological polar surface area (TPSA) is 96.0 Å². The van der Waals surface area contributed by atoms with E-state index in [9.17, 15) is 22.8 Å². The smallest absolute Gasteiger partial charge is 0.326 e. The fourth-order valence-corrected chi connectivity index (χ4v) is 3.13. The van der Waals surface area contributed by atoms with Gasteiger partial charge >= 0.3 is 6.03 Å². The summed E-state index contributed by atoms with van der Waals surface area (Å²) in [5, 5.41) is 7.97. The van der Waals surface area contributed by atoms with Crippen LogP contribution in [-0.2, 0) is 0 Å². The lowest BCUT2D eigenvalue weighted by Gasteiger charge is -2.11. The lowest BCUT2D eigenvalue weighted by molar-refractivity contribution is 0.0963. The average Bonchev–Trinajstić information content (AvgIpc) is 2.76. The summed E-state index contributed by atoms with van der Waals surface area (Å²) < 4.78 is 40.1. The first-order valence-corrected chi connectivity index (χ1v) is 9.72. The fourth-order valence-electron chi connectivity index (χ4n) is 2.95. The molecule has 1 heterocycles. The van der Waals surface area contributed by atoms with Gasteiger partial charge in [-0.1, -0.05) is 11.6 Å². The Morgan fingerprint density at radius 3 is 2.39 bits per heavy atom. The maximum Gasteiger partial charge on any atom is 0.326 e. The number of urea groups is 1. The van der Waals surface area contributed by atoms with Crippen molar-refractivity contribution in [1.29, 1.82) is 0 Å². The van der Waals surface area contributed by atoms with E-state index < -0.39 is 35.0 Å². The standard InChI is InChI=1S/C22H13ClF3N5O2/c23-16-8-12(3-6-17(16)25)29-20-15-5-2-13(9-19(15)27-10-28-20)30-22(33)31-21(32)14-4-1-11(24)7-18(14)26/h1-10H,(H,27,28,29)(H2,30,31,32,33). The van der Waals surface area contributed by atoms with Crippen LogP contribution in [0.4, 0.5) is 35.2 Å². The molecule has 0 fully saturated rings. The quantitative estimate of drug-likeness (QED) is 0.370. The number of amides is 3. The van der Waals surface area contributed by atoms with Gasteiger partial charge < -0.3 is 10.6 Å². The largest absolute Gasteiger partial charge is 0.340 e. The minimum absolute atomic E-state index is 0.0501. The predicted molar refractivity (Wildman–Crippen MR) is 117 cm³/mol. The molecular formula is C22H13ClF3N5O2. The van der Waals surface area contributed by atoms with E-state index in [1.807, 2.05) is 5.32 Å². The van der Waals surface area contributed by atoms with Crippen LogP contribution < -0.4 is 16.0 Å². The van der Waals surface area contributed by atoms with Crippen molar-refractivity contribution in [2.45, 2.75) is 0 Å². The van der Waals surface area contributed by atoms with Crippen LogP contribution in [0.15, 0.2) is 60.9 Å². The van der Waals surface area contributed by atoms with Gasteiger partial charge in [-0.2, -0.15) is 0 Å². The monoisotopic (exact) mass is 471 g/mol. The molecule has 7 nitrogen and oxygen atoms in total. The summed E-state index contributed by atoms with van der Waals surface area (Å²) in [6.07, 6.45) is 1.29. The van der Waals surface area contributed by atoms with Gasteiger partial charge in [0.15, 0.2) is 0 Å². The van der Waals surface area contributed by atoms with Crippen LogP contribution in [0, 0.1) is 17.5 Å². The molecule has 0 unspecified atom stereocenters. The molecule has 3 aromatic carbocycles. The Morgan fingerprint density at radius 2 is 1.64 bits per heavy atom. The van der Waals surface area contributed by atoms with E-state index in [-0.39, 0.29) is 5.02 Å². The first-order valence-electron chi connectivity index (χ1n) is 9.34. The molecular weight excluding hydrogens is 459 g/mol. The van der Waals surface area contributed by atoms with Crippen molar-refractivity contribution in [3.8, 4) is 0 Å². The first-order chi connectivity index (χ1) is 15.8. The number of aromatic nitrogens is 2. The minimum Gasteiger partial charge on any atom is -0.340 e. The zero-order valence-corrected chi connectivity index (χ0v) is 17.3. The second-order valence-electron chi connectivity index (χ2n) is 6.74. The molecule has 0 bridgehead atoms. The van der Waals surface area contributed by atoms with Crippen molar-refractivity contribution in [1.82, 2.24) is 15.3 Å². The number of nitrogens with one attached hydrogen (secondary N) is 3. The Labute approximate surface area is 189 Å². The van der Waals surface area contributed by atoms with Crippen LogP contribution in [0.25, 0.3) is 10.9 Å². The minimum atomic E-state index is -1.09. The summed E-state index contributed by atoms with van der Waals surface area (Å²) in [4.78, 5) is 32.5. The van der Waals surface area contributed by atoms with Gasteiger partial charge in [-0.25, -0.2) is 27.9 Å². The van der Waals surface area contributed by atoms with E-state index >= 15 is 0 Å². The molecule has 166 valence electrons. The molecule has 1 aromatic heterocycles. The molecule has 0 aliphatic carbocycles. The molecule has 0 atom stereocenters. The molecule has 0 spiro atoms. The number of hydrogen-bond acceptors (Lipinski definition) is 5. The van der Waals surface area contributed by atoms with Crippen LogP contribution in [0.5, 0.6) is 0 Å². The number of hydrogen-bond donors (Lipinski definition) is 3. The Hall–Kier alpha value is -4.18. The highest BCUT2D eigenvalue weighted by Gasteiger charge is 2.16. The number of benzene rings is 3. The molecule has 11 heteroatoms. The van der Waals surface area contributed by atoms with Crippen molar-refractivity contribution in [2.75, 3.05) is 10.6 Å². The molecule has 0 radical (unpaired) electrons. The van der Waals surface area contributed by atoms with Gasteiger partial charge in [-0.3, -0.25) is 10.1 Å². The first kappa shape index (κ1) is 22.0. The second kappa shape index (κ2) is 9.13. The Kier molecular flexibility index (Phi) is 6.09. The Bertz CT molecular complexity index is 1400. The highest BCUT2D eigenvalue weighted by Crippen LogP contribution is 2.27.